The molecular weight excluding hydrogens is 315 g/mol. The van der Waals surface area contributed by atoms with E-state index in [1.807, 2.05) is 12.1 Å². The molecule has 1 aliphatic rings. The molecule has 0 saturated carbocycles. The average Bonchev–Trinajstić information content (AvgIpc) is 2.85. The zero-order valence-corrected chi connectivity index (χ0v) is 12.8. The minimum Gasteiger partial charge on any atom is -0.488 e. The van der Waals surface area contributed by atoms with Gasteiger partial charge in [0.25, 0.3) is 5.91 Å². The van der Waals surface area contributed by atoms with Gasteiger partial charge in [0.1, 0.15) is 18.2 Å². The number of carbonyl (C=O) groups is 1. The fourth-order valence-corrected chi connectivity index (χ4v) is 2.78. The molecule has 2 aromatic carbocycles. The van der Waals surface area contributed by atoms with Crippen LogP contribution < -0.4 is 10.1 Å². The van der Waals surface area contributed by atoms with Crippen molar-refractivity contribution in [2.24, 2.45) is 0 Å². The van der Waals surface area contributed by atoms with Crippen molar-refractivity contribution in [3.8, 4) is 5.75 Å². The van der Waals surface area contributed by atoms with Crippen LogP contribution in [0.2, 0.25) is 0 Å². The molecule has 0 aromatic heterocycles. The molecule has 2 aromatic rings. The molecule has 1 saturated heterocycles. The van der Waals surface area contributed by atoms with Crippen molar-refractivity contribution in [1.29, 1.82) is 5.41 Å². The van der Waals surface area contributed by atoms with Crippen molar-refractivity contribution >= 4 is 28.9 Å². The van der Waals surface area contributed by atoms with Gasteiger partial charge in [0.15, 0.2) is 5.17 Å². The Morgan fingerprint density at radius 1 is 1.17 bits per heavy atom. The van der Waals surface area contributed by atoms with Crippen LogP contribution in [0.25, 0.3) is 6.08 Å². The van der Waals surface area contributed by atoms with E-state index in [1.165, 1.54) is 6.07 Å². The Balaban J connectivity index is 1.81. The minimum absolute atomic E-state index is 0.0992. The largest absolute Gasteiger partial charge is 0.488 e. The highest BCUT2D eigenvalue weighted by Gasteiger charge is 2.22. The lowest BCUT2D eigenvalue weighted by atomic mass is 10.1. The van der Waals surface area contributed by atoms with E-state index in [2.05, 4.69) is 5.32 Å². The Kier molecular flexibility index (Phi) is 4.43. The van der Waals surface area contributed by atoms with E-state index in [9.17, 15) is 9.18 Å². The zero-order valence-electron chi connectivity index (χ0n) is 12.0. The second-order valence-electron chi connectivity index (χ2n) is 4.81. The van der Waals surface area contributed by atoms with Crippen molar-refractivity contribution in [2.45, 2.75) is 6.61 Å². The molecule has 1 amide bonds. The maximum Gasteiger partial charge on any atom is 0.264 e. The summed E-state index contributed by atoms with van der Waals surface area (Å²) in [5.41, 5.74) is 1.17. The Hall–Kier alpha value is -2.60. The number of halogens is 1. The number of carbonyl (C=O) groups excluding carboxylic acids is 1. The summed E-state index contributed by atoms with van der Waals surface area (Å²) in [4.78, 5) is 12.1. The van der Waals surface area contributed by atoms with E-state index in [4.69, 9.17) is 10.1 Å². The van der Waals surface area contributed by atoms with Gasteiger partial charge >= 0.3 is 0 Å². The molecule has 3 rings (SSSR count). The summed E-state index contributed by atoms with van der Waals surface area (Å²) < 4.78 is 19.3. The SMILES string of the molecule is N=C1NC(=O)/C(=C\c2ccccc2OCc2ccccc2F)S1. The summed E-state index contributed by atoms with van der Waals surface area (Å²) in [6, 6.07) is 13.6. The molecule has 4 nitrogen and oxygen atoms in total. The Bertz CT molecular complexity index is 805. The quantitative estimate of drug-likeness (QED) is 0.844. The fourth-order valence-electron chi connectivity index (χ4n) is 2.08. The first-order chi connectivity index (χ1) is 11.1. The Morgan fingerprint density at radius 2 is 1.91 bits per heavy atom. The highest BCUT2D eigenvalue weighted by atomic mass is 32.2. The first-order valence-corrected chi connectivity index (χ1v) is 7.70. The van der Waals surface area contributed by atoms with E-state index in [1.54, 1.807) is 36.4 Å². The molecule has 0 unspecified atom stereocenters. The van der Waals surface area contributed by atoms with Gasteiger partial charge in [-0.15, -0.1) is 0 Å². The highest BCUT2D eigenvalue weighted by molar-refractivity contribution is 8.18. The normalized spacial score (nSPS) is 15.8. The van der Waals surface area contributed by atoms with Crippen LogP contribution in [0.15, 0.2) is 53.4 Å². The summed E-state index contributed by atoms with van der Waals surface area (Å²) in [5, 5.41) is 9.99. The van der Waals surface area contributed by atoms with Crippen LogP contribution in [0, 0.1) is 11.2 Å². The molecule has 1 fully saturated rings. The molecule has 2 N–H and O–H groups in total. The second kappa shape index (κ2) is 6.66. The third kappa shape index (κ3) is 3.60. The number of rotatable bonds is 4. The van der Waals surface area contributed by atoms with E-state index < -0.39 is 0 Å². The summed E-state index contributed by atoms with van der Waals surface area (Å²) >= 11 is 1.06. The van der Waals surface area contributed by atoms with Gasteiger partial charge in [-0.3, -0.25) is 10.2 Å². The smallest absolute Gasteiger partial charge is 0.264 e. The minimum atomic E-state index is -0.317. The van der Waals surface area contributed by atoms with Crippen LogP contribution >= 0.6 is 11.8 Å². The van der Waals surface area contributed by atoms with E-state index in [0.717, 1.165) is 11.8 Å². The fraction of sp³-hybridized carbons (Fsp3) is 0.0588. The maximum atomic E-state index is 13.6. The molecule has 0 spiro atoms. The molecular formula is C17H13FN2O2S. The van der Waals surface area contributed by atoms with Crippen LogP contribution in [-0.2, 0) is 11.4 Å². The number of ether oxygens (including phenoxy) is 1. The van der Waals surface area contributed by atoms with Crippen molar-refractivity contribution < 1.29 is 13.9 Å². The third-order valence-corrected chi connectivity index (χ3v) is 4.04. The van der Waals surface area contributed by atoms with Crippen LogP contribution in [0.4, 0.5) is 4.39 Å². The zero-order chi connectivity index (χ0) is 16.2. The summed E-state index contributed by atoms with van der Waals surface area (Å²) in [7, 11) is 0. The highest BCUT2D eigenvalue weighted by Crippen LogP contribution is 2.29. The van der Waals surface area contributed by atoms with Gasteiger partial charge < -0.3 is 10.1 Å². The Labute approximate surface area is 136 Å². The molecule has 0 bridgehead atoms. The van der Waals surface area contributed by atoms with Crippen molar-refractivity contribution in [3.63, 3.8) is 0 Å². The molecule has 1 heterocycles. The summed E-state index contributed by atoms with van der Waals surface area (Å²) in [5.74, 6) is -0.0681. The number of hydrogen-bond donors (Lipinski definition) is 2. The van der Waals surface area contributed by atoms with Gasteiger partial charge in [0, 0.05) is 11.1 Å². The van der Waals surface area contributed by atoms with Gasteiger partial charge in [0.2, 0.25) is 0 Å². The van der Waals surface area contributed by atoms with E-state index in [0.29, 0.717) is 21.8 Å². The molecule has 6 heteroatoms. The maximum absolute atomic E-state index is 13.6. The molecule has 23 heavy (non-hydrogen) atoms. The summed E-state index contributed by atoms with van der Waals surface area (Å²) in [6.07, 6.45) is 1.66. The lowest BCUT2D eigenvalue weighted by Crippen LogP contribution is -2.18. The first-order valence-electron chi connectivity index (χ1n) is 6.88. The number of thioether (sulfide) groups is 1. The number of amides is 1. The van der Waals surface area contributed by atoms with Crippen molar-refractivity contribution in [1.82, 2.24) is 5.32 Å². The third-order valence-electron chi connectivity index (χ3n) is 3.21. The lowest BCUT2D eigenvalue weighted by molar-refractivity contribution is -0.115. The topological polar surface area (TPSA) is 62.2 Å². The van der Waals surface area contributed by atoms with Gasteiger partial charge in [-0.2, -0.15) is 0 Å². The number of para-hydroxylation sites is 1. The molecule has 0 radical (unpaired) electrons. The number of amidine groups is 1. The van der Waals surface area contributed by atoms with Gasteiger partial charge in [-0.05, 0) is 30.0 Å². The second-order valence-corrected chi connectivity index (χ2v) is 5.86. The molecule has 0 atom stereocenters. The molecule has 0 aliphatic carbocycles. The van der Waals surface area contributed by atoms with Crippen LogP contribution in [0.5, 0.6) is 5.75 Å². The number of benzene rings is 2. The lowest BCUT2D eigenvalue weighted by Gasteiger charge is -2.10. The summed E-state index contributed by atoms with van der Waals surface area (Å²) in [6.45, 7) is 0.0992. The van der Waals surface area contributed by atoms with Crippen LogP contribution in [0.3, 0.4) is 0 Å². The molecule has 1 aliphatic heterocycles. The first kappa shape index (κ1) is 15.3. The predicted molar refractivity (Wildman–Crippen MR) is 88.6 cm³/mol. The van der Waals surface area contributed by atoms with Crippen LogP contribution in [0.1, 0.15) is 11.1 Å². The van der Waals surface area contributed by atoms with Gasteiger partial charge in [-0.1, -0.05) is 36.4 Å². The average molecular weight is 328 g/mol. The molecule has 116 valence electrons. The number of nitrogens with one attached hydrogen (secondary N) is 2. The van der Waals surface area contributed by atoms with Crippen LogP contribution in [-0.4, -0.2) is 11.1 Å². The van der Waals surface area contributed by atoms with E-state index in [-0.39, 0.29) is 23.5 Å². The predicted octanol–water partition coefficient (Wildman–Crippen LogP) is 3.54. The Morgan fingerprint density at radius 3 is 2.65 bits per heavy atom. The van der Waals surface area contributed by atoms with Crippen molar-refractivity contribution in [2.75, 3.05) is 0 Å². The monoisotopic (exact) mass is 328 g/mol. The standard InChI is InChI=1S/C17H13FN2O2S/c18-13-7-3-1-6-12(13)10-22-14-8-4-2-5-11(14)9-15-16(21)20-17(19)23-15/h1-9H,10H2,(H2,19,20,21)/b15-9+. The van der Waals surface area contributed by atoms with Crippen molar-refractivity contribution in [3.05, 3.63) is 70.4 Å². The van der Waals surface area contributed by atoms with Gasteiger partial charge in [0.05, 0.1) is 4.91 Å². The van der Waals surface area contributed by atoms with E-state index >= 15 is 0 Å². The number of hydrogen-bond acceptors (Lipinski definition) is 4. The van der Waals surface area contributed by atoms with Gasteiger partial charge in [-0.25, -0.2) is 4.39 Å².